The molecule has 0 saturated heterocycles. The molecule has 40 heavy (non-hydrogen) atoms. The van der Waals surface area contributed by atoms with Crippen molar-refractivity contribution in [1.29, 1.82) is 5.26 Å². The zero-order valence-electron chi connectivity index (χ0n) is 24.3. The number of hydrogen-bond donors (Lipinski definition) is 1. The highest BCUT2D eigenvalue weighted by molar-refractivity contribution is 7.98. The van der Waals surface area contributed by atoms with Gasteiger partial charge in [-0.05, 0) is 85.5 Å². The van der Waals surface area contributed by atoms with Crippen molar-refractivity contribution in [2.24, 2.45) is 11.1 Å². The van der Waals surface area contributed by atoms with Crippen LogP contribution >= 0.6 is 11.8 Å². The largest absolute Gasteiger partial charge is 0.384 e. The Balaban J connectivity index is 1.68. The lowest BCUT2D eigenvalue weighted by Crippen LogP contribution is -2.42. The molecule has 4 nitrogen and oxygen atoms in total. The predicted octanol–water partition coefficient (Wildman–Crippen LogP) is 8.15. The number of benzene rings is 3. The molecule has 204 valence electrons. The van der Waals surface area contributed by atoms with Gasteiger partial charge in [0.1, 0.15) is 5.82 Å². The summed E-state index contributed by atoms with van der Waals surface area (Å²) in [5, 5.41) is 10.6. The van der Waals surface area contributed by atoms with Gasteiger partial charge >= 0.3 is 0 Å². The van der Waals surface area contributed by atoms with Crippen LogP contribution in [0.4, 0.5) is 5.69 Å². The molecule has 2 N–H and O–H groups in total. The minimum absolute atomic E-state index is 0.103. The van der Waals surface area contributed by atoms with Gasteiger partial charge in [-0.2, -0.15) is 5.26 Å². The normalized spacial score (nSPS) is 18.6. The summed E-state index contributed by atoms with van der Waals surface area (Å²) in [7, 11) is 0. The molecule has 1 heterocycles. The number of rotatable bonds is 5. The predicted molar refractivity (Wildman–Crippen MR) is 165 cm³/mol. The standard InChI is InChI=1S/C35H37N3OS/c1-21-10-9-12-26(15-21)38-29-17-35(5,6)18-30(39)33(29)32(28(19-36)34(38)37)27-16-22(2)14-25(24(27)4)20-40-31-13-8-7-11-23(31)3/h7-16,32H,17-18,20,37H2,1-6H3. The average molecular weight is 548 g/mol. The zero-order chi connectivity index (χ0) is 28.8. The second-order valence-electron chi connectivity index (χ2n) is 12.0. The Hall–Kier alpha value is -3.75. The first-order valence-electron chi connectivity index (χ1n) is 13.8. The molecule has 0 bridgehead atoms. The third-order valence-electron chi connectivity index (χ3n) is 8.13. The number of nitrogens with zero attached hydrogens (tertiary/aromatic N) is 2. The second-order valence-corrected chi connectivity index (χ2v) is 13.0. The van der Waals surface area contributed by atoms with Crippen LogP contribution in [0.5, 0.6) is 0 Å². The molecule has 1 aliphatic carbocycles. The molecule has 0 saturated carbocycles. The smallest absolute Gasteiger partial charge is 0.162 e. The van der Waals surface area contributed by atoms with E-state index in [4.69, 9.17) is 5.73 Å². The third kappa shape index (κ3) is 5.09. The number of allylic oxidation sites excluding steroid dienone is 3. The van der Waals surface area contributed by atoms with Crippen molar-refractivity contribution >= 4 is 23.2 Å². The summed E-state index contributed by atoms with van der Waals surface area (Å²) >= 11 is 1.82. The fraction of sp³-hybridized carbons (Fsp3) is 0.314. The van der Waals surface area contributed by atoms with E-state index in [2.05, 4.69) is 83.2 Å². The van der Waals surface area contributed by atoms with Crippen molar-refractivity contribution in [2.45, 2.75) is 71.0 Å². The van der Waals surface area contributed by atoms with E-state index >= 15 is 0 Å². The Bertz CT molecular complexity index is 1620. The monoisotopic (exact) mass is 547 g/mol. The fourth-order valence-electron chi connectivity index (χ4n) is 6.17. The summed E-state index contributed by atoms with van der Waals surface area (Å²) in [6.07, 6.45) is 1.16. The Morgan fingerprint density at radius 2 is 1.75 bits per heavy atom. The molecule has 1 atom stereocenters. The van der Waals surface area contributed by atoms with Gasteiger partial charge in [-0.15, -0.1) is 11.8 Å². The van der Waals surface area contributed by atoms with Gasteiger partial charge in [0, 0.05) is 34.0 Å². The maximum absolute atomic E-state index is 14.0. The van der Waals surface area contributed by atoms with Crippen LogP contribution in [0.25, 0.3) is 0 Å². The number of carbonyl (C=O) groups excluding carboxylic acids is 1. The van der Waals surface area contributed by atoms with Crippen LogP contribution in [0.1, 0.15) is 66.0 Å². The van der Waals surface area contributed by atoms with Gasteiger partial charge in [-0.3, -0.25) is 9.69 Å². The molecule has 0 aromatic heterocycles. The Labute approximate surface area is 242 Å². The van der Waals surface area contributed by atoms with Crippen LogP contribution in [0.15, 0.2) is 88.2 Å². The van der Waals surface area contributed by atoms with Gasteiger partial charge in [-0.1, -0.05) is 61.9 Å². The van der Waals surface area contributed by atoms with Gasteiger partial charge in [0.05, 0.1) is 17.6 Å². The third-order valence-corrected chi connectivity index (χ3v) is 9.35. The van der Waals surface area contributed by atoms with Crippen molar-refractivity contribution in [3.05, 3.63) is 117 Å². The quantitative estimate of drug-likeness (QED) is 0.326. The van der Waals surface area contributed by atoms with E-state index in [0.29, 0.717) is 24.2 Å². The highest BCUT2D eigenvalue weighted by atomic mass is 32.2. The van der Waals surface area contributed by atoms with Gasteiger partial charge in [0.15, 0.2) is 5.78 Å². The van der Waals surface area contributed by atoms with Crippen molar-refractivity contribution in [2.75, 3.05) is 4.90 Å². The summed E-state index contributed by atoms with van der Waals surface area (Å²) < 4.78 is 0. The summed E-state index contributed by atoms with van der Waals surface area (Å²) in [6, 6.07) is 23.4. The van der Waals surface area contributed by atoms with Crippen LogP contribution in [-0.4, -0.2) is 5.78 Å². The summed E-state index contributed by atoms with van der Waals surface area (Å²) in [5.41, 5.74) is 16.5. The lowest BCUT2D eigenvalue weighted by molar-refractivity contribution is -0.118. The summed E-state index contributed by atoms with van der Waals surface area (Å²) in [5.74, 6) is 0.846. The fourth-order valence-corrected chi connectivity index (χ4v) is 7.25. The average Bonchev–Trinajstić information content (AvgIpc) is 2.88. The maximum atomic E-state index is 14.0. The van der Waals surface area contributed by atoms with Crippen LogP contribution in [0.2, 0.25) is 0 Å². The lowest BCUT2D eigenvalue weighted by Gasteiger charge is -2.44. The molecule has 1 aliphatic heterocycles. The molecule has 0 radical (unpaired) electrons. The molecular formula is C35H37N3OS. The van der Waals surface area contributed by atoms with E-state index in [0.717, 1.165) is 45.0 Å². The summed E-state index contributed by atoms with van der Waals surface area (Å²) in [4.78, 5) is 17.2. The number of nitrogens with two attached hydrogens (primary N) is 1. The van der Waals surface area contributed by atoms with E-state index in [1.165, 1.54) is 16.0 Å². The topological polar surface area (TPSA) is 70.1 Å². The molecule has 5 heteroatoms. The number of thioether (sulfide) groups is 1. The van der Waals surface area contributed by atoms with E-state index in [1.54, 1.807) is 0 Å². The number of anilines is 1. The number of ketones is 1. The van der Waals surface area contributed by atoms with Crippen LogP contribution in [0.3, 0.4) is 0 Å². The first-order valence-corrected chi connectivity index (χ1v) is 14.8. The highest BCUT2D eigenvalue weighted by Crippen LogP contribution is 2.51. The van der Waals surface area contributed by atoms with E-state index in [-0.39, 0.29) is 11.2 Å². The first kappa shape index (κ1) is 27.8. The summed E-state index contributed by atoms with van der Waals surface area (Å²) in [6.45, 7) is 12.7. The van der Waals surface area contributed by atoms with Crippen LogP contribution in [0, 0.1) is 44.4 Å². The molecule has 1 unspecified atom stereocenters. The number of Topliss-reactive ketones (excluding diaryl/α,β-unsaturated/α-hetero) is 1. The van der Waals surface area contributed by atoms with Crippen molar-refractivity contribution in [3.63, 3.8) is 0 Å². The van der Waals surface area contributed by atoms with Crippen molar-refractivity contribution in [1.82, 2.24) is 0 Å². The first-order chi connectivity index (χ1) is 19.0. The van der Waals surface area contributed by atoms with Crippen molar-refractivity contribution in [3.8, 4) is 6.07 Å². The SMILES string of the molecule is Cc1cccc(N2C(N)=C(C#N)C(c3cc(C)cc(CSc4ccccc4C)c3C)C3=C2CC(C)(C)CC3=O)c1. The Morgan fingerprint density at radius 1 is 1.00 bits per heavy atom. The minimum atomic E-state index is -0.480. The van der Waals surface area contributed by atoms with Gasteiger partial charge in [0.2, 0.25) is 0 Å². The van der Waals surface area contributed by atoms with Crippen LogP contribution < -0.4 is 10.6 Å². The Morgan fingerprint density at radius 3 is 2.45 bits per heavy atom. The molecule has 5 rings (SSSR count). The highest BCUT2D eigenvalue weighted by Gasteiger charge is 2.45. The molecule has 0 amide bonds. The lowest BCUT2D eigenvalue weighted by atomic mass is 9.68. The van der Waals surface area contributed by atoms with Crippen LogP contribution in [-0.2, 0) is 10.5 Å². The van der Waals surface area contributed by atoms with E-state index in [1.807, 2.05) is 41.8 Å². The van der Waals surface area contributed by atoms with Gasteiger partial charge < -0.3 is 5.73 Å². The number of carbonyl (C=O) groups is 1. The molecule has 3 aromatic rings. The van der Waals surface area contributed by atoms with E-state index < -0.39 is 5.92 Å². The van der Waals surface area contributed by atoms with E-state index in [9.17, 15) is 10.1 Å². The van der Waals surface area contributed by atoms with Gasteiger partial charge in [0.25, 0.3) is 0 Å². The molecule has 3 aromatic carbocycles. The minimum Gasteiger partial charge on any atom is -0.384 e. The second kappa shape index (κ2) is 10.7. The zero-order valence-corrected chi connectivity index (χ0v) is 25.1. The Kier molecular flexibility index (Phi) is 7.42. The van der Waals surface area contributed by atoms with Crippen molar-refractivity contribution < 1.29 is 4.79 Å². The molecule has 2 aliphatic rings. The van der Waals surface area contributed by atoms with Gasteiger partial charge in [-0.25, -0.2) is 0 Å². The number of aryl methyl sites for hydroxylation is 3. The number of hydrogen-bond acceptors (Lipinski definition) is 5. The maximum Gasteiger partial charge on any atom is 0.162 e. The molecular weight excluding hydrogens is 510 g/mol. The molecule has 0 spiro atoms. The molecule has 0 fully saturated rings. The number of nitriles is 1.